The molecule has 0 saturated carbocycles. The molecule has 1 aromatic heterocycles. The van der Waals surface area contributed by atoms with Gasteiger partial charge in [-0.05, 0) is 55.5 Å². The highest BCUT2D eigenvalue weighted by Gasteiger charge is 2.22. The Bertz CT molecular complexity index is 1260. The van der Waals surface area contributed by atoms with Gasteiger partial charge in [0.2, 0.25) is 15.9 Å². The topological polar surface area (TPSA) is 136 Å². The van der Waals surface area contributed by atoms with Crippen LogP contribution in [0.1, 0.15) is 17.3 Å². The Morgan fingerprint density at radius 2 is 1.71 bits per heavy atom. The van der Waals surface area contributed by atoms with Crippen molar-refractivity contribution >= 4 is 33.2 Å². The molecule has 1 atom stereocenters. The van der Waals surface area contributed by atoms with Crippen LogP contribution < -0.4 is 24.8 Å². The van der Waals surface area contributed by atoms with Crippen molar-refractivity contribution in [2.75, 3.05) is 24.9 Å². The maximum atomic E-state index is 12.6. The fraction of sp³-hybridized carbons (Fsp3) is 0.174. The number of anilines is 2. The molecule has 0 fully saturated rings. The molecule has 3 rings (SSSR count). The highest BCUT2D eigenvalue weighted by atomic mass is 32.2. The van der Waals surface area contributed by atoms with Crippen molar-refractivity contribution < 1.29 is 27.5 Å². The summed E-state index contributed by atoms with van der Waals surface area (Å²) in [5.41, 5.74) is 1.12. The molecule has 0 aliphatic carbocycles. The second-order valence-corrected chi connectivity index (χ2v) is 8.83. The lowest BCUT2D eigenvalue weighted by molar-refractivity contribution is -0.117. The minimum atomic E-state index is -3.92. The SMILES string of the molecule is COc1ccc(S(=O)(=O)N[C@@H](C)C(=O)Nc2ccc(NC(=O)c3cccnc3)c(OC)c2)cc1. The van der Waals surface area contributed by atoms with Crippen LogP contribution >= 0.6 is 0 Å². The van der Waals surface area contributed by atoms with Crippen LogP contribution in [0.2, 0.25) is 0 Å². The van der Waals surface area contributed by atoms with Gasteiger partial charge in [-0.1, -0.05) is 0 Å². The Labute approximate surface area is 197 Å². The van der Waals surface area contributed by atoms with E-state index in [1.807, 2.05) is 0 Å². The Hall–Kier alpha value is -3.96. The summed E-state index contributed by atoms with van der Waals surface area (Å²) in [4.78, 5) is 28.9. The third-order valence-electron chi connectivity index (χ3n) is 4.74. The van der Waals surface area contributed by atoms with E-state index >= 15 is 0 Å². The number of hydrogen-bond donors (Lipinski definition) is 3. The molecule has 178 valence electrons. The van der Waals surface area contributed by atoms with Gasteiger partial charge in [-0.15, -0.1) is 0 Å². The summed E-state index contributed by atoms with van der Waals surface area (Å²) in [5, 5.41) is 5.35. The maximum absolute atomic E-state index is 12.6. The van der Waals surface area contributed by atoms with Crippen LogP contribution in [0.3, 0.4) is 0 Å². The normalized spacial score (nSPS) is 11.9. The molecule has 2 amide bonds. The molecule has 0 saturated heterocycles. The summed E-state index contributed by atoms with van der Waals surface area (Å²) < 4.78 is 37.8. The largest absolute Gasteiger partial charge is 0.497 e. The molecule has 3 N–H and O–H groups in total. The van der Waals surface area contributed by atoms with Crippen molar-refractivity contribution in [3.63, 3.8) is 0 Å². The number of carbonyl (C=O) groups is 2. The predicted molar refractivity (Wildman–Crippen MR) is 127 cm³/mol. The van der Waals surface area contributed by atoms with E-state index in [9.17, 15) is 18.0 Å². The number of sulfonamides is 1. The van der Waals surface area contributed by atoms with Crippen LogP contribution in [0.15, 0.2) is 71.9 Å². The third-order valence-corrected chi connectivity index (χ3v) is 6.29. The molecular formula is C23H24N4O6S. The number of rotatable bonds is 9. The average Bonchev–Trinajstić information content (AvgIpc) is 2.85. The number of benzene rings is 2. The van der Waals surface area contributed by atoms with E-state index in [1.54, 1.807) is 30.5 Å². The quantitative estimate of drug-likeness (QED) is 0.425. The van der Waals surface area contributed by atoms with Crippen LogP contribution in [0.4, 0.5) is 11.4 Å². The molecule has 0 spiro atoms. The van der Waals surface area contributed by atoms with Crippen LogP contribution in [0, 0.1) is 0 Å². The van der Waals surface area contributed by atoms with Gasteiger partial charge in [0.05, 0.1) is 36.4 Å². The number of hydrogen-bond acceptors (Lipinski definition) is 7. The fourth-order valence-electron chi connectivity index (χ4n) is 2.92. The molecule has 1 heterocycles. The van der Waals surface area contributed by atoms with Crippen molar-refractivity contribution in [2.45, 2.75) is 17.9 Å². The summed E-state index contributed by atoms with van der Waals surface area (Å²) in [7, 11) is -1.03. The van der Waals surface area contributed by atoms with Crippen LogP contribution in [-0.4, -0.2) is 45.5 Å². The van der Waals surface area contributed by atoms with Crippen molar-refractivity contribution in [3.05, 3.63) is 72.6 Å². The van der Waals surface area contributed by atoms with Crippen molar-refractivity contribution in [1.29, 1.82) is 0 Å². The number of carbonyl (C=O) groups excluding carboxylic acids is 2. The van der Waals surface area contributed by atoms with E-state index in [4.69, 9.17) is 9.47 Å². The van der Waals surface area contributed by atoms with Crippen molar-refractivity contribution in [3.8, 4) is 11.5 Å². The van der Waals surface area contributed by atoms with E-state index in [1.165, 1.54) is 57.7 Å². The summed E-state index contributed by atoms with van der Waals surface area (Å²) >= 11 is 0. The standard InChI is InChI=1S/C23H24N4O6S/c1-15(27-34(30,31)19-9-7-18(32-2)8-10-19)22(28)25-17-6-11-20(21(13-17)33-3)26-23(29)16-5-4-12-24-14-16/h4-15,27H,1-3H3,(H,25,28)(H,26,29)/t15-/m0/s1. The lowest BCUT2D eigenvalue weighted by Crippen LogP contribution is -2.41. The first-order valence-corrected chi connectivity index (χ1v) is 11.6. The number of amides is 2. The van der Waals surface area contributed by atoms with Gasteiger partial charge in [0.15, 0.2) is 0 Å². The van der Waals surface area contributed by atoms with Crippen molar-refractivity contribution in [1.82, 2.24) is 9.71 Å². The molecule has 0 aliphatic heterocycles. The molecule has 0 unspecified atom stereocenters. The van der Waals surface area contributed by atoms with E-state index < -0.39 is 22.0 Å². The first-order chi connectivity index (χ1) is 16.2. The molecule has 0 radical (unpaired) electrons. The number of ether oxygens (including phenoxy) is 2. The zero-order valence-corrected chi connectivity index (χ0v) is 19.5. The maximum Gasteiger partial charge on any atom is 0.257 e. The average molecular weight is 485 g/mol. The number of pyridine rings is 1. The molecule has 34 heavy (non-hydrogen) atoms. The van der Waals surface area contributed by atoms with Crippen LogP contribution in [0.25, 0.3) is 0 Å². The van der Waals surface area contributed by atoms with Crippen LogP contribution in [0.5, 0.6) is 11.5 Å². The molecule has 2 aromatic carbocycles. The van der Waals surface area contributed by atoms with E-state index in [2.05, 4.69) is 20.3 Å². The summed E-state index contributed by atoms with van der Waals surface area (Å²) in [5.74, 6) is -0.128. The van der Waals surface area contributed by atoms with Gasteiger partial charge in [-0.2, -0.15) is 4.72 Å². The summed E-state index contributed by atoms with van der Waals surface area (Å²) in [6, 6.07) is 12.6. The minimum Gasteiger partial charge on any atom is -0.497 e. The lowest BCUT2D eigenvalue weighted by Gasteiger charge is -2.16. The second-order valence-electron chi connectivity index (χ2n) is 7.12. The van der Waals surface area contributed by atoms with Gasteiger partial charge in [0, 0.05) is 24.1 Å². The fourth-order valence-corrected chi connectivity index (χ4v) is 4.13. The first kappa shape index (κ1) is 24.7. The first-order valence-electron chi connectivity index (χ1n) is 10.1. The molecule has 3 aromatic rings. The van der Waals surface area contributed by atoms with E-state index in [0.717, 1.165) is 0 Å². The molecule has 0 aliphatic rings. The van der Waals surface area contributed by atoms with Gasteiger partial charge in [0.1, 0.15) is 11.5 Å². The van der Waals surface area contributed by atoms with E-state index in [0.29, 0.717) is 28.4 Å². The van der Waals surface area contributed by atoms with Gasteiger partial charge in [-0.3, -0.25) is 14.6 Å². The van der Waals surface area contributed by atoms with Crippen molar-refractivity contribution in [2.24, 2.45) is 0 Å². The highest BCUT2D eigenvalue weighted by molar-refractivity contribution is 7.89. The van der Waals surface area contributed by atoms with Gasteiger partial charge >= 0.3 is 0 Å². The molecular weight excluding hydrogens is 460 g/mol. The Morgan fingerprint density at radius 1 is 0.971 bits per heavy atom. The number of nitrogens with zero attached hydrogens (tertiary/aromatic N) is 1. The van der Waals surface area contributed by atoms with E-state index in [-0.39, 0.29) is 10.8 Å². The third kappa shape index (κ3) is 6.09. The summed E-state index contributed by atoms with van der Waals surface area (Å²) in [6.07, 6.45) is 3.00. The predicted octanol–water partition coefficient (Wildman–Crippen LogP) is 2.66. The number of methoxy groups -OCH3 is 2. The second kappa shape index (κ2) is 10.8. The van der Waals surface area contributed by atoms with Gasteiger partial charge in [-0.25, -0.2) is 8.42 Å². The Kier molecular flexibility index (Phi) is 7.82. The monoisotopic (exact) mass is 484 g/mol. The lowest BCUT2D eigenvalue weighted by atomic mass is 10.2. The van der Waals surface area contributed by atoms with Crippen LogP contribution in [-0.2, 0) is 14.8 Å². The Morgan fingerprint density at radius 3 is 2.32 bits per heavy atom. The summed E-state index contributed by atoms with van der Waals surface area (Å²) in [6.45, 7) is 1.43. The number of aromatic nitrogens is 1. The zero-order chi connectivity index (χ0) is 24.7. The molecule has 11 heteroatoms. The Balaban J connectivity index is 1.67. The van der Waals surface area contributed by atoms with Gasteiger partial charge in [0.25, 0.3) is 5.91 Å². The molecule has 10 nitrogen and oxygen atoms in total. The number of nitrogens with one attached hydrogen (secondary N) is 3. The molecule has 0 bridgehead atoms. The van der Waals surface area contributed by atoms with Gasteiger partial charge < -0.3 is 20.1 Å². The highest BCUT2D eigenvalue weighted by Crippen LogP contribution is 2.28. The zero-order valence-electron chi connectivity index (χ0n) is 18.7. The smallest absolute Gasteiger partial charge is 0.257 e. The minimum absolute atomic E-state index is 0.00308.